The van der Waals surface area contributed by atoms with Crippen LogP contribution in [0.1, 0.15) is 11.1 Å². The van der Waals surface area contributed by atoms with Crippen molar-refractivity contribution in [3.63, 3.8) is 0 Å². The number of nitrogens with zero attached hydrogens (tertiary/aromatic N) is 1. The van der Waals surface area contributed by atoms with E-state index in [1.165, 1.54) is 23.6 Å². The predicted octanol–water partition coefficient (Wildman–Crippen LogP) is 2.69. The first-order chi connectivity index (χ1) is 14.8. The van der Waals surface area contributed by atoms with E-state index in [4.69, 9.17) is 14.2 Å². The number of methoxy groups -OCH3 is 2. The molecule has 1 saturated heterocycles. The van der Waals surface area contributed by atoms with E-state index in [9.17, 15) is 13.2 Å². The standard InChI is InChI=1S/C22H26N2O6S/c1-16-4-7-18(15-21(16)31(26,27)24-10-12-30-13-11-24)23-22(25)9-6-17-5-8-19(28-2)20(14-17)29-3/h4-9,14-15H,10-13H2,1-3H3,(H,23,25)/b9-6+. The van der Waals surface area contributed by atoms with Crippen molar-refractivity contribution < 1.29 is 27.4 Å². The largest absolute Gasteiger partial charge is 0.493 e. The van der Waals surface area contributed by atoms with Crippen LogP contribution in [0.15, 0.2) is 47.4 Å². The Morgan fingerprint density at radius 3 is 2.45 bits per heavy atom. The van der Waals surface area contributed by atoms with Crippen LogP contribution < -0.4 is 14.8 Å². The van der Waals surface area contributed by atoms with Gasteiger partial charge in [0.05, 0.1) is 32.3 Å². The maximum atomic E-state index is 13.0. The minimum Gasteiger partial charge on any atom is -0.493 e. The van der Waals surface area contributed by atoms with Gasteiger partial charge in [0.1, 0.15) is 0 Å². The number of hydrogen-bond acceptors (Lipinski definition) is 6. The summed E-state index contributed by atoms with van der Waals surface area (Å²) in [4.78, 5) is 12.6. The number of aryl methyl sites for hydroxylation is 1. The van der Waals surface area contributed by atoms with Crippen LogP contribution in [0.3, 0.4) is 0 Å². The zero-order valence-electron chi connectivity index (χ0n) is 17.8. The molecular formula is C22H26N2O6S. The molecule has 2 aromatic rings. The van der Waals surface area contributed by atoms with Gasteiger partial charge in [-0.1, -0.05) is 12.1 Å². The predicted molar refractivity (Wildman–Crippen MR) is 118 cm³/mol. The van der Waals surface area contributed by atoms with E-state index >= 15 is 0 Å². The molecule has 0 aromatic heterocycles. The summed E-state index contributed by atoms with van der Waals surface area (Å²) in [6.07, 6.45) is 3.01. The van der Waals surface area contributed by atoms with Crippen LogP contribution >= 0.6 is 0 Å². The van der Waals surface area contributed by atoms with Gasteiger partial charge >= 0.3 is 0 Å². The number of morpholine rings is 1. The van der Waals surface area contributed by atoms with Gasteiger partial charge in [-0.2, -0.15) is 4.31 Å². The van der Waals surface area contributed by atoms with Gasteiger partial charge in [-0.25, -0.2) is 8.42 Å². The molecule has 2 aromatic carbocycles. The van der Waals surface area contributed by atoms with Crippen LogP contribution in [0.2, 0.25) is 0 Å². The summed E-state index contributed by atoms with van der Waals surface area (Å²) in [7, 11) is -0.571. The highest BCUT2D eigenvalue weighted by atomic mass is 32.2. The fraction of sp³-hybridized carbons (Fsp3) is 0.318. The highest BCUT2D eigenvalue weighted by molar-refractivity contribution is 7.89. The molecule has 8 nitrogen and oxygen atoms in total. The van der Waals surface area contributed by atoms with Gasteiger partial charge in [0, 0.05) is 24.9 Å². The van der Waals surface area contributed by atoms with Gasteiger partial charge in [0.15, 0.2) is 11.5 Å². The topological polar surface area (TPSA) is 94.2 Å². The molecular weight excluding hydrogens is 420 g/mol. The molecule has 31 heavy (non-hydrogen) atoms. The molecule has 1 fully saturated rings. The Morgan fingerprint density at radius 1 is 1.06 bits per heavy atom. The first kappa shape index (κ1) is 22.8. The molecule has 0 bridgehead atoms. The second kappa shape index (κ2) is 9.95. The minimum absolute atomic E-state index is 0.177. The molecule has 1 N–H and O–H groups in total. The third kappa shape index (κ3) is 5.43. The molecule has 1 aliphatic heterocycles. The summed E-state index contributed by atoms with van der Waals surface area (Å²) in [5.74, 6) is 0.771. The third-order valence-corrected chi connectivity index (χ3v) is 6.92. The number of benzene rings is 2. The van der Waals surface area contributed by atoms with E-state index in [1.54, 1.807) is 50.4 Å². The molecule has 0 saturated carbocycles. The van der Waals surface area contributed by atoms with Crippen molar-refractivity contribution in [3.05, 3.63) is 53.6 Å². The molecule has 0 atom stereocenters. The zero-order valence-corrected chi connectivity index (χ0v) is 18.6. The average molecular weight is 447 g/mol. The zero-order chi connectivity index (χ0) is 22.4. The maximum absolute atomic E-state index is 13.0. The van der Waals surface area contributed by atoms with Gasteiger partial charge in [0.25, 0.3) is 0 Å². The van der Waals surface area contributed by atoms with E-state index in [1.807, 2.05) is 0 Å². The fourth-order valence-corrected chi connectivity index (χ4v) is 4.85. The smallest absolute Gasteiger partial charge is 0.248 e. The van der Waals surface area contributed by atoms with Crippen molar-refractivity contribution in [2.24, 2.45) is 0 Å². The number of anilines is 1. The lowest BCUT2D eigenvalue weighted by Crippen LogP contribution is -2.40. The molecule has 3 rings (SSSR count). The van der Waals surface area contributed by atoms with E-state index in [-0.39, 0.29) is 10.8 Å². The number of sulfonamides is 1. The average Bonchev–Trinajstić information content (AvgIpc) is 2.79. The first-order valence-electron chi connectivity index (χ1n) is 9.75. The molecule has 9 heteroatoms. The Hall–Kier alpha value is -2.88. The van der Waals surface area contributed by atoms with Crippen molar-refractivity contribution in [2.45, 2.75) is 11.8 Å². The lowest BCUT2D eigenvalue weighted by molar-refractivity contribution is -0.111. The number of nitrogens with one attached hydrogen (secondary N) is 1. The molecule has 0 unspecified atom stereocenters. The Kier molecular flexibility index (Phi) is 7.32. The van der Waals surface area contributed by atoms with Crippen LogP contribution in [0.25, 0.3) is 6.08 Å². The van der Waals surface area contributed by atoms with E-state index < -0.39 is 10.0 Å². The second-order valence-corrected chi connectivity index (χ2v) is 8.84. The number of rotatable bonds is 7. The van der Waals surface area contributed by atoms with Crippen LogP contribution in [-0.4, -0.2) is 59.2 Å². The molecule has 1 aliphatic rings. The van der Waals surface area contributed by atoms with Crippen LogP contribution in [0, 0.1) is 6.92 Å². The fourth-order valence-electron chi connectivity index (χ4n) is 3.19. The summed E-state index contributed by atoms with van der Waals surface area (Å²) in [6, 6.07) is 10.1. The van der Waals surface area contributed by atoms with Gasteiger partial charge in [-0.3, -0.25) is 4.79 Å². The van der Waals surface area contributed by atoms with Crippen LogP contribution in [-0.2, 0) is 19.6 Å². The quantitative estimate of drug-likeness (QED) is 0.658. The normalized spacial score (nSPS) is 15.1. The SMILES string of the molecule is COc1ccc(/C=C/C(=O)Nc2ccc(C)c(S(=O)(=O)N3CCOCC3)c2)cc1OC. The molecule has 0 aliphatic carbocycles. The van der Waals surface area contributed by atoms with Crippen LogP contribution in [0.4, 0.5) is 5.69 Å². The minimum atomic E-state index is -3.66. The number of amides is 1. The van der Waals surface area contributed by atoms with Gasteiger partial charge in [-0.15, -0.1) is 0 Å². The van der Waals surface area contributed by atoms with E-state index in [2.05, 4.69) is 5.32 Å². The Bertz CT molecular complexity index is 1080. The Balaban J connectivity index is 1.75. The van der Waals surface area contributed by atoms with Crippen LogP contribution in [0.5, 0.6) is 11.5 Å². The summed E-state index contributed by atoms with van der Waals surface area (Å²) in [5.41, 5.74) is 1.78. The summed E-state index contributed by atoms with van der Waals surface area (Å²) >= 11 is 0. The first-order valence-corrected chi connectivity index (χ1v) is 11.2. The Labute approximate surface area is 182 Å². The van der Waals surface area contributed by atoms with Crippen molar-refractivity contribution in [1.82, 2.24) is 4.31 Å². The maximum Gasteiger partial charge on any atom is 0.248 e. The highest BCUT2D eigenvalue weighted by Crippen LogP contribution is 2.28. The summed E-state index contributed by atoms with van der Waals surface area (Å²) in [6.45, 7) is 3.10. The number of carbonyl (C=O) groups excluding carboxylic acids is 1. The monoisotopic (exact) mass is 446 g/mol. The number of hydrogen-bond donors (Lipinski definition) is 1. The van der Waals surface area contributed by atoms with Gasteiger partial charge < -0.3 is 19.5 Å². The molecule has 0 spiro atoms. The van der Waals surface area contributed by atoms with E-state index in [0.717, 1.165) is 5.56 Å². The number of ether oxygens (including phenoxy) is 3. The number of carbonyl (C=O) groups is 1. The third-order valence-electron chi connectivity index (χ3n) is 4.88. The van der Waals surface area contributed by atoms with E-state index in [0.29, 0.717) is 49.1 Å². The highest BCUT2D eigenvalue weighted by Gasteiger charge is 2.28. The summed E-state index contributed by atoms with van der Waals surface area (Å²) < 4.78 is 43.1. The molecule has 0 radical (unpaired) electrons. The Morgan fingerprint density at radius 2 is 1.77 bits per heavy atom. The van der Waals surface area contributed by atoms with Crippen molar-refractivity contribution in [2.75, 3.05) is 45.8 Å². The van der Waals surface area contributed by atoms with Crippen molar-refractivity contribution in [1.29, 1.82) is 0 Å². The lowest BCUT2D eigenvalue weighted by Gasteiger charge is -2.26. The second-order valence-electron chi connectivity index (χ2n) is 6.93. The molecule has 166 valence electrons. The molecule has 1 amide bonds. The lowest BCUT2D eigenvalue weighted by atomic mass is 10.2. The molecule has 1 heterocycles. The van der Waals surface area contributed by atoms with Gasteiger partial charge in [0.2, 0.25) is 15.9 Å². The van der Waals surface area contributed by atoms with Gasteiger partial charge in [-0.05, 0) is 48.4 Å². The van der Waals surface area contributed by atoms with Crippen molar-refractivity contribution in [3.8, 4) is 11.5 Å². The van der Waals surface area contributed by atoms with Crippen molar-refractivity contribution >= 4 is 27.7 Å². The summed E-state index contributed by atoms with van der Waals surface area (Å²) in [5, 5.41) is 2.72.